The Hall–Kier alpha value is -16.9. The van der Waals surface area contributed by atoms with Crippen molar-refractivity contribution >= 4 is 197 Å². The van der Waals surface area contributed by atoms with Gasteiger partial charge in [0, 0.05) is 64.2 Å². The Morgan fingerprint density at radius 3 is 0.966 bits per heavy atom. The largest absolute Gasteiger partial charge is 0.309 e. The first kappa shape index (κ1) is 87.1. The zero-order valence-electron chi connectivity index (χ0n) is 83.7. The fraction of sp³-hybridized carbons (Fsp3) is 0.145. The second-order valence-corrected chi connectivity index (χ2v) is 44.8. The molecule has 0 atom stereocenters. The molecule has 0 saturated carbocycles. The molecule has 14 heteroatoms. The van der Waals surface area contributed by atoms with Gasteiger partial charge in [0.15, 0.2) is 0 Å². The second-order valence-electron chi connectivity index (χ2n) is 43.8. The molecule has 0 N–H and O–H groups in total. The number of thiophene rings is 1. The van der Waals surface area contributed by atoms with E-state index < -0.39 is 0 Å². The lowest BCUT2D eigenvalue weighted by molar-refractivity contribution is 0.418. The summed E-state index contributed by atoms with van der Waals surface area (Å²) in [7, 11) is 0. The molecule has 19 aromatic carbocycles. The van der Waals surface area contributed by atoms with E-state index in [0.29, 0.717) is 0 Å². The quantitative estimate of drug-likeness (QED) is 0.160. The van der Waals surface area contributed by atoms with E-state index in [4.69, 9.17) is 19.9 Å². The van der Waals surface area contributed by atoms with Crippen molar-refractivity contribution in [3.8, 4) is 61.3 Å². The van der Waals surface area contributed by atoms with Gasteiger partial charge in [0.2, 0.25) is 23.1 Å². The van der Waals surface area contributed by atoms with Gasteiger partial charge in [-0.1, -0.05) is 257 Å². The number of nitrogens with zero attached hydrogens (tertiary/aromatic N) is 13. The van der Waals surface area contributed by atoms with Gasteiger partial charge in [-0.05, 0) is 334 Å². The van der Waals surface area contributed by atoms with Gasteiger partial charge in [-0.3, -0.25) is 17.6 Å². The lowest BCUT2D eigenvalue weighted by Gasteiger charge is -2.25. The molecular formula is C131H107N13S. The number of imidazole rings is 8. The van der Waals surface area contributed by atoms with Crippen LogP contribution >= 0.6 is 11.3 Å². The topological polar surface area (TPSA) is 93.8 Å². The zero-order chi connectivity index (χ0) is 98.3. The first-order chi connectivity index (χ1) is 70.2. The van der Waals surface area contributed by atoms with Crippen LogP contribution in [0.15, 0.2) is 394 Å². The summed E-state index contributed by atoms with van der Waals surface area (Å²) in [5.74, 6) is 3.96. The molecular weight excluding hydrogens is 1790 g/mol. The Morgan fingerprint density at radius 1 is 0.207 bits per heavy atom. The Labute approximate surface area is 842 Å². The molecule has 29 aromatic rings. The van der Waals surface area contributed by atoms with Crippen molar-refractivity contribution in [2.24, 2.45) is 0 Å². The van der Waals surface area contributed by atoms with Crippen molar-refractivity contribution in [2.45, 2.75) is 125 Å². The molecule has 0 unspecified atom stereocenters. The summed E-state index contributed by atoms with van der Waals surface area (Å²) >= 11 is 1.86. The van der Waals surface area contributed by atoms with E-state index >= 15 is 0 Å². The van der Waals surface area contributed by atoms with Crippen LogP contribution in [0.3, 0.4) is 0 Å². The van der Waals surface area contributed by atoms with Gasteiger partial charge in [0.05, 0.1) is 99.3 Å². The molecule has 0 aliphatic heterocycles. The average molecular weight is 1900 g/mol. The predicted molar refractivity (Wildman–Crippen MR) is 612 cm³/mol. The van der Waals surface area contributed by atoms with Gasteiger partial charge in [-0.15, -0.1) is 11.3 Å². The average Bonchev–Trinajstić information content (AvgIpc) is 1.57. The minimum Gasteiger partial charge on any atom is -0.309 e. The fourth-order valence-corrected chi connectivity index (χ4v) is 25.1. The summed E-state index contributed by atoms with van der Waals surface area (Å²) in [4.78, 5) is 20.2. The molecule has 0 amide bonds. The summed E-state index contributed by atoms with van der Waals surface area (Å²) in [6.07, 6.45) is 0. The third-order valence-corrected chi connectivity index (χ3v) is 31.3. The van der Waals surface area contributed by atoms with Gasteiger partial charge in [0.25, 0.3) is 0 Å². The summed E-state index contributed by atoms with van der Waals surface area (Å²) in [5, 5.41) is 13.0. The monoisotopic (exact) mass is 1890 g/mol. The first-order valence-electron chi connectivity index (χ1n) is 50.5. The lowest BCUT2D eigenvalue weighted by Crippen LogP contribution is -2.21. The third kappa shape index (κ3) is 13.5. The molecule has 30 rings (SSSR count). The molecule has 0 spiro atoms. The van der Waals surface area contributed by atoms with Gasteiger partial charge < -0.3 is 22.8 Å². The number of para-hydroxylation sites is 10. The molecule has 13 nitrogen and oxygen atoms in total. The number of benzene rings is 19. The summed E-state index contributed by atoms with van der Waals surface area (Å²) in [6.45, 7) is 31.7. The summed E-state index contributed by atoms with van der Waals surface area (Å²) in [5.41, 5.74) is 36.9. The second kappa shape index (κ2) is 32.0. The number of aromatic nitrogens is 13. The van der Waals surface area contributed by atoms with E-state index in [2.05, 4.69) is 532 Å². The van der Waals surface area contributed by atoms with Gasteiger partial charge in [0.1, 0.15) is 0 Å². The fourth-order valence-electron chi connectivity index (χ4n) is 24.0. The van der Waals surface area contributed by atoms with Crippen LogP contribution in [0, 0.1) is 0 Å². The normalized spacial score (nSPS) is 13.1. The van der Waals surface area contributed by atoms with Crippen LogP contribution in [0.4, 0.5) is 0 Å². The van der Waals surface area contributed by atoms with Crippen LogP contribution in [-0.2, 0) is 27.6 Å². The maximum Gasteiger partial charge on any atom is 0.216 e. The highest BCUT2D eigenvalue weighted by Gasteiger charge is 2.39. The van der Waals surface area contributed by atoms with Crippen molar-refractivity contribution in [3.63, 3.8) is 0 Å². The van der Waals surface area contributed by atoms with Crippen molar-refractivity contribution < 1.29 is 0 Å². The van der Waals surface area contributed by atoms with Crippen LogP contribution in [0.2, 0.25) is 0 Å². The number of hydrogen-bond acceptors (Lipinski definition) is 5. The van der Waals surface area contributed by atoms with E-state index in [-0.39, 0.29) is 27.6 Å². The molecule has 10 aromatic heterocycles. The zero-order valence-corrected chi connectivity index (χ0v) is 84.6. The molecule has 145 heavy (non-hydrogen) atoms. The van der Waals surface area contributed by atoms with Crippen molar-refractivity contribution in [2.75, 3.05) is 0 Å². The maximum absolute atomic E-state index is 5.06. The summed E-state index contributed by atoms with van der Waals surface area (Å²) in [6, 6.07) is 143. The number of hydrogen-bond donors (Lipinski definition) is 0. The van der Waals surface area contributed by atoms with E-state index in [0.717, 1.165) is 67.2 Å². The van der Waals surface area contributed by atoms with Crippen LogP contribution in [0.25, 0.3) is 247 Å². The summed E-state index contributed by atoms with van der Waals surface area (Å²) < 4.78 is 23.8. The molecule has 1 aliphatic carbocycles. The highest BCUT2D eigenvalue weighted by Crippen LogP contribution is 2.54. The minimum absolute atomic E-state index is 0.0498. The minimum atomic E-state index is -0.107. The third-order valence-electron chi connectivity index (χ3n) is 30.2. The molecule has 10 heterocycles. The molecule has 0 bridgehead atoms. The Morgan fingerprint density at radius 2 is 0.510 bits per heavy atom. The lowest BCUT2D eigenvalue weighted by atomic mass is 9.79. The molecule has 0 saturated heterocycles. The smallest absolute Gasteiger partial charge is 0.216 e. The van der Waals surface area contributed by atoms with E-state index in [1.807, 2.05) is 11.3 Å². The Bertz CT molecular complexity index is 10400. The Kier molecular flexibility index (Phi) is 19.2. The Balaban J connectivity index is 0.0000000962. The SMILES string of the molecule is CC(C)(C)n1c2ccc(-c3ccc4c(c3)c3ccccc3n4-c3ccccc3)cc2n2c3ccccc3nc12.CC(C)(C)n1c2ccc(-c3ccc4c5ccccc5c5ccccc5c4c3)cc2n2c3ccccc3nc12.CC(C)(C)n1c2ccc(-c3ccc4sc5ccccc5c4c3)cc2n2c3ccccc3nc12.CC1(C)c2ccccc2-c2cccc(-c3ccc4c(c3)n3c5ccccc5nc3n4C(C)(C)C)c21. The first-order valence-corrected chi connectivity index (χ1v) is 51.3. The molecule has 702 valence electrons. The van der Waals surface area contributed by atoms with Crippen LogP contribution in [-0.4, -0.2) is 60.4 Å². The van der Waals surface area contributed by atoms with Crippen LogP contribution in [0.1, 0.15) is 108 Å². The maximum atomic E-state index is 5.06. The number of rotatable bonds is 5. The van der Waals surface area contributed by atoms with Gasteiger partial charge in [-0.25, -0.2) is 19.9 Å². The predicted octanol–water partition coefficient (Wildman–Crippen LogP) is 34.7. The van der Waals surface area contributed by atoms with Crippen molar-refractivity contribution in [1.29, 1.82) is 0 Å². The standard InChI is InChI=1S/C35H28N4.C35H27N3.C32H29N3.C29H23N3S/c1-35(2,3)39-32-20-18-24(22-33(32)38-31-16-10-8-14-28(31)36-34(38)39)23-17-19-30-27(21-23)26-13-7-9-15-29(26)37(30)25-11-5-4-6-12-25;1-35(2,3)38-32-19-17-23(21-33(32)37-31-15-9-8-14-30(31)36-34(37)38)22-16-18-28-26-12-5-4-10-24(26)25-11-6-7-13-27(25)29(28)20-22;1-31(2,3)35-27-18-17-20(19-28(27)34-26-16-9-8-15-25(26)33-30(34)35)21-12-10-13-23-22-11-6-7-14-24(22)32(4,5)29(21)23;1-29(2,3)32-24-14-12-19(17-25(24)31-23-10-6-5-9-22(23)30-28(31)32)18-13-15-27-21(16-18)20-8-4-7-11-26(20)33-27/h4-22H,1-3H3;4-21H,1-3H3;6-19H,1-5H3;4-17H,1-3H3. The van der Waals surface area contributed by atoms with Crippen molar-refractivity contribution in [1.82, 2.24) is 60.4 Å². The van der Waals surface area contributed by atoms with Gasteiger partial charge >= 0.3 is 0 Å². The highest BCUT2D eigenvalue weighted by molar-refractivity contribution is 7.25. The van der Waals surface area contributed by atoms with E-state index in [1.54, 1.807) is 0 Å². The molecule has 1 aliphatic rings. The molecule has 0 fully saturated rings. The highest BCUT2D eigenvalue weighted by atomic mass is 32.1. The van der Waals surface area contributed by atoms with Crippen molar-refractivity contribution in [3.05, 3.63) is 405 Å². The van der Waals surface area contributed by atoms with Crippen LogP contribution < -0.4 is 0 Å². The van der Waals surface area contributed by atoms with E-state index in [1.165, 1.54) is 191 Å². The number of fused-ring (bicyclic) bond motifs is 35. The van der Waals surface area contributed by atoms with E-state index in [9.17, 15) is 0 Å². The van der Waals surface area contributed by atoms with Crippen LogP contribution in [0.5, 0.6) is 0 Å². The molecule has 0 radical (unpaired) electrons. The van der Waals surface area contributed by atoms with Gasteiger partial charge in [-0.2, -0.15) is 0 Å².